The van der Waals surface area contributed by atoms with Crippen molar-refractivity contribution < 1.29 is 75.8 Å². The van der Waals surface area contributed by atoms with E-state index in [1.807, 2.05) is 0 Å². The molecule has 0 rings (SSSR count). The third kappa shape index (κ3) is 109. The number of phosphoric acid groups is 2. The monoisotopic (exact) mass is 1930 g/mol. The zero-order valence-electron chi connectivity index (χ0n) is 86.3. The molecule has 0 saturated heterocycles. The van der Waals surface area contributed by atoms with Crippen LogP contribution in [0, 0.1) is 0 Å². The second kappa shape index (κ2) is 107. The molecule has 0 aromatic carbocycles. The zero-order chi connectivity index (χ0) is 97.8. The highest BCUT2D eigenvalue weighted by Crippen LogP contribution is 2.45. The molecule has 0 saturated carbocycles. The fourth-order valence-corrected chi connectivity index (χ4v) is 17.0. The first kappa shape index (κ1) is 130. The Hall–Kier alpha value is -5.35. The summed E-state index contributed by atoms with van der Waals surface area (Å²) < 4.78 is 61.8. The van der Waals surface area contributed by atoms with Crippen LogP contribution in [0.1, 0.15) is 483 Å². The van der Waals surface area contributed by atoms with Crippen LogP contribution < -0.4 is 0 Å². The number of aliphatic hydroxyl groups excluding tert-OH is 2. The maximum Gasteiger partial charge on any atom is 0.472 e. The van der Waals surface area contributed by atoms with Crippen LogP contribution in [-0.4, -0.2) is 95.9 Å². The fraction of sp³-hybridized carbons (Fsp3) is 0.718. The van der Waals surface area contributed by atoms with Crippen LogP contribution in [0.25, 0.3) is 0 Å². The molecule has 0 aliphatic rings. The molecule has 0 aromatic heterocycles. The highest BCUT2D eigenvalue weighted by molar-refractivity contribution is 7.47. The van der Waals surface area contributed by atoms with Crippen molar-refractivity contribution in [3.63, 3.8) is 0 Å². The number of ether oxygens (including phenoxy) is 3. The number of carbonyl (C=O) groups excluding carboxylic acids is 3. The van der Waals surface area contributed by atoms with E-state index in [0.29, 0.717) is 19.3 Å². The Labute approximate surface area is 827 Å². The Kier molecular flexibility index (Phi) is 103. The van der Waals surface area contributed by atoms with Crippen molar-refractivity contribution in [2.24, 2.45) is 0 Å². The molecule has 0 aliphatic carbocycles. The Morgan fingerprint density at radius 1 is 0.207 bits per heavy atom. The number of hydrogen-bond acceptors (Lipinski definition) is 14. The maximum atomic E-state index is 13.2. The SMILES string of the molecule is CC/C=C\C/C=C\C/C=C\C/C=C\C/C=C\CCCCCCCCCCCCCCCCCCCCCC(=O)OCC(O)COP(=O)(O)OCC(O)COP(=O)(O)OCC(COC(=O)CCCCCCCCCCCCCCCCCCC/C=C\C/C=C\C/C=C\C/C=C\C/C=C\CC)OC(=O)CCCCCCCCCCCCCCCCC/C=C\C/C=C\C/C=C\C/C=C\C/C=C\CC. The Balaban J connectivity index is 4.58. The standard InChI is InChI=1S/C117H202O16P2/c1-4-7-10-13-16-19-22-25-28-31-34-37-40-43-46-49-52-54-55-57-60-61-64-67-70-73-76-79-82-85-88-91-94-97-100-103-115(120)127-106-112(118)107-129-134(123,124)130-108-113(119)109-131-135(125,126)132-111-114(133-117(122)105-102-99-96-93-90-87-84-81-78-75-72-69-66-63-58-51-48-45-42-39-36-33-30-27-24-21-18-15-12-9-6-3)110-128-116(121)104-101-98-95-92-89-86-83-80-77-74-71-68-65-62-59-56-53-50-47-44-41-38-35-32-29-26-23-20-17-14-11-8-5-2/h7-12,16-21,25-30,34-39,43-48,112-114,118-119H,4-6,13-15,22-24,31-33,40-42,49-111H2,1-3H3,(H,123,124)(H,125,126)/b10-7-,11-8-,12-9-,19-16-,20-17-,21-18-,28-25-,29-26-,30-27-,37-34-,38-35-,39-36-,46-43-,47-44-,48-45-. The van der Waals surface area contributed by atoms with Gasteiger partial charge in [-0.2, -0.15) is 0 Å². The van der Waals surface area contributed by atoms with E-state index >= 15 is 0 Å². The fourth-order valence-electron chi connectivity index (χ4n) is 15.4. The number of aliphatic hydroxyl groups is 2. The van der Waals surface area contributed by atoms with Crippen LogP contribution in [0.5, 0.6) is 0 Å². The van der Waals surface area contributed by atoms with E-state index in [2.05, 4.69) is 203 Å². The Morgan fingerprint density at radius 2 is 0.370 bits per heavy atom. The maximum absolute atomic E-state index is 13.2. The summed E-state index contributed by atoms with van der Waals surface area (Å²) in [5.41, 5.74) is 0. The van der Waals surface area contributed by atoms with Gasteiger partial charge in [0.25, 0.3) is 0 Å². The van der Waals surface area contributed by atoms with Crippen molar-refractivity contribution in [3.8, 4) is 0 Å². The van der Waals surface area contributed by atoms with Crippen LogP contribution in [0.3, 0.4) is 0 Å². The van der Waals surface area contributed by atoms with Gasteiger partial charge in [0.1, 0.15) is 25.4 Å². The molecule has 5 unspecified atom stereocenters. The van der Waals surface area contributed by atoms with E-state index in [9.17, 15) is 43.5 Å². The van der Waals surface area contributed by atoms with Crippen LogP contribution >= 0.6 is 15.6 Å². The van der Waals surface area contributed by atoms with Gasteiger partial charge in [-0.05, 0) is 154 Å². The van der Waals surface area contributed by atoms with Crippen LogP contribution in [0.4, 0.5) is 0 Å². The number of carbonyl (C=O) groups is 3. The second-order valence-electron chi connectivity index (χ2n) is 36.7. The molecule has 16 nitrogen and oxygen atoms in total. The van der Waals surface area contributed by atoms with Gasteiger partial charge in [0.2, 0.25) is 0 Å². The van der Waals surface area contributed by atoms with E-state index < -0.39 is 91.5 Å². The summed E-state index contributed by atoms with van der Waals surface area (Å²) in [6.45, 7) is 2.44. The largest absolute Gasteiger partial charge is 0.472 e. The van der Waals surface area contributed by atoms with Gasteiger partial charge in [-0.1, -0.05) is 492 Å². The average Bonchev–Trinajstić information content (AvgIpc) is 0.900. The van der Waals surface area contributed by atoms with Gasteiger partial charge >= 0.3 is 33.6 Å². The summed E-state index contributed by atoms with van der Waals surface area (Å²) in [4.78, 5) is 59.4. The molecule has 0 aromatic rings. The molecule has 18 heteroatoms. The van der Waals surface area contributed by atoms with Gasteiger partial charge in [0, 0.05) is 19.3 Å². The van der Waals surface area contributed by atoms with Crippen LogP contribution in [-0.2, 0) is 55.8 Å². The number of rotatable bonds is 104. The lowest BCUT2D eigenvalue weighted by Gasteiger charge is -2.21. The summed E-state index contributed by atoms with van der Waals surface area (Å²) >= 11 is 0. The van der Waals surface area contributed by atoms with Gasteiger partial charge in [0.15, 0.2) is 6.10 Å². The topological polar surface area (TPSA) is 231 Å². The number of phosphoric ester groups is 2. The molecule has 0 spiro atoms. The first-order valence-electron chi connectivity index (χ1n) is 55.1. The number of esters is 3. The first-order valence-corrected chi connectivity index (χ1v) is 58.1. The van der Waals surface area contributed by atoms with Gasteiger partial charge in [-0.15, -0.1) is 0 Å². The van der Waals surface area contributed by atoms with E-state index in [0.717, 1.165) is 167 Å². The molecule has 0 radical (unpaired) electrons. The normalized spacial score (nSPS) is 14.3. The van der Waals surface area contributed by atoms with Crippen molar-refractivity contribution >= 4 is 33.6 Å². The predicted octanol–water partition coefficient (Wildman–Crippen LogP) is 35.5. The van der Waals surface area contributed by atoms with Crippen LogP contribution in [0.2, 0.25) is 0 Å². The van der Waals surface area contributed by atoms with Gasteiger partial charge < -0.3 is 34.2 Å². The second-order valence-corrected chi connectivity index (χ2v) is 39.6. The lowest BCUT2D eigenvalue weighted by molar-refractivity contribution is -0.161. The predicted molar refractivity (Wildman–Crippen MR) is 574 cm³/mol. The van der Waals surface area contributed by atoms with Crippen LogP contribution in [0.15, 0.2) is 182 Å². The van der Waals surface area contributed by atoms with Gasteiger partial charge in [0.05, 0.1) is 26.4 Å². The van der Waals surface area contributed by atoms with Crippen molar-refractivity contribution in [1.82, 2.24) is 0 Å². The quantitative estimate of drug-likeness (QED) is 0.0146. The van der Waals surface area contributed by atoms with Gasteiger partial charge in [-0.3, -0.25) is 32.5 Å². The highest BCUT2D eigenvalue weighted by Gasteiger charge is 2.30. The third-order valence-corrected chi connectivity index (χ3v) is 25.5. The minimum absolute atomic E-state index is 0.103. The molecule has 135 heavy (non-hydrogen) atoms. The average molecular weight is 1930 g/mol. The lowest BCUT2D eigenvalue weighted by atomic mass is 10.0. The van der Waals surface area contributed by atoms with Crippen molar-refractivity contribution in [2.45, 2.75) is 501 Å². The van der Waals surface area contributed by atoms with E-state index in [-0.39, 0.29) is 19.3 Å². The van der Waals surface area contributed by atoms with Gasteiger partial charge in [-0.25, -0.2) is 9.13 Å². The van der Waals surface area contributed by atoms with E-state index in [4.69, 9.17) is 32.3 Å². The zero-order valence-corrected chi connectivity index (χ0v) is 88.1. The van der Waals surface area contributed by atoms with E-state index in [1.54, 1.807) is 0 Å². The molecule has 0 heterocycles. The summed E-state index contributed by atoms with van der Waals surface area (Å²) in [6, 6.07) is 0. The number of unbranched alkanes of at least 4 members (excludes halogenated alkanes) is 51. The molecule has 0 aliphatic heterocycles. The number of hydrogen-bond donors (Lipinski definition) is 4. The highest BCUT2D eigenvalue weighted by atomic mass is 31.2. The van der Waals surface area contributed by atoms with Crippen molar-refractivity contribution in [2.75, 3.05) is 39.6 Å². The molecule has 5 atom stereocenters. The number of allylic oxidation sites excluding steroid dienone is 30. The van der Waals surface area contributed by atoms with Crippen molar-refractivity contribution in [1.29, 1.82) is 0 Å². The molecule has 0 bridgehead atoms. The first-order chi connectivity index (χ1) is 66.2. The smallest absolute Gasteiger partial charge is 0.463 e. The molecular weight excluding hydrogens is 1720 g/mol. The molecular formula is C117H202O16P2. The summed E-state index contributed by atoms with van der Waals surface area (Å²) in [5.74, 6) is -1.55. The minimum Gasteiger partial charge on any atom is -0.463 e. The summed E-state index contributed by atoms with van der Waals surface area (Å²) in [7, 11) is -9.82. The third-order valence-electron chi connectivity index (χ3n) is 23.6. The summed E-state index contributed by atoms with van der Waals surface area (Å²) in [5, 5.41) is 20.8. The minimum atomic E-state index is -4.95. The Morgan fingerprint density at radius 3 is 0.585 bits per heavy atom. The summed E-state index contributed by atoms with van der Waals surface area (Å²) in [6.07, 6.45) is 144. The molecule has 4 N–H and O–H groups in total. The molecule has 0 amide bonds. The molecule has 776 valence electrons. The lowest BCUT2D eigenvalue weighted by Crippen LogP contribution is -2.30. The van der Waals surface area contributed by atoms with E-state index in [1.165, 1.54) is 257 Å². The molecule has 0 fully saturated rings. The Bertz CT molecular complexity index is 3190. The van der Waals surface area contributed by atoms with Crippen molar-refractivity contribution in [3.05, 3.63) is 182 Å².